The molecule has 1 fully saturated rings. The number of sulfonamides is 1. The van der Waals surface area contributed by atoms with Crippen molar-refractivity contribution in [1.82, 2.24) is 9.62 Å². The van der Waals surface area contributed by atoms with Gasteiger partial charge in [0, 0.05) is 18.6 Å². The summed E-state index contributed by atoms with van der Waals surface area (Å²) in [6, 6.07) is 0. The van der Waals surface area contributed by atoms with Crippen LogP contribution in [0.4, 0.5) is 0 Å². The summed E-state index contributed by atoms with van der Waals surface area (Å²) in [7, 11) is -3.04. The van der Waals surface area contributed by atoms with Gasteiger partial charge in [0.05, 0.1) is 5.75 Å². The van der Waals surface area contributed by atoms with E-state index in [9.17, 15) is 8.42 Å². The van der Waals surface area contributed by atoms with Crippen LogP contribution in [-0.2, 0) is 10.0 Å². The van der Waals surface area contributed by atoms with Crippen LogP contribution in [-0.4, -0.2) is 43.6 Å². The highest BCUT2D eigenvalue weighted by Gasteiger charge is 2.30. The topological polar surface area (TPSA) is 49.4 Å². The van der Waals surface area contributed by atoms with Gasteiger partial charge in [-0.25, -0.2) is 12.7 Å². The third-order valence-electron chi connectivity index (χ3n) is 3.16. The Morgan fingerprint density at radius 3 is 2.65 bits per heavy atom. The van der Waals surface area contributed by atoms with Crippen LogP contribution >= 0.6 is 0 Å². The van der Waals surface area contributed by atoms with Gasteiger partial charge in [0.25, 0.3) is 0 Å². The fraction of sp³-hybridized carbons (Fsp3) is 1.00. The van der Waals surface area contributed by atoms with Crippen LogP contribution in [0.2, 0.25) is 0 Å². The van der Waals surface area contributed by atoms with E-state index < -0.39 is 10.0 Å². The van der Waals surface area contributed by atoms with Crippen molar-refractivity contribution < 1.29 is 8.42 Å². The van der Waals surface area contributed by atoms with Crippen LogP contribution in [0.3, 0.4) is 0 Å². The predicted molar refractivity (Wildman–Crippen MR) is 71.6 cm³/mol. The van der Waals surface area contributed by atoms with Crippen LogP contribution in [0.15, 0.2) is 0 Å². The van der Waals surface area contributed by atoms with Gasteiger partial charge >= 0.3 is 0 Å². The molecule has 0 unspecified atom stereocenters. The lowest BCUT2D eigenvalue weighted by atomic mass is 10.1. The van der Waals surface area contributed by atoms with E-state index in [0.29, 0.717) is 19.5 Å². The van der Waals surface area contributed by atoms with Gasteiger partial charge in [0.15, 0.2) is 0 Å². The molecule has 0 aliphatic carbocycles. The Morgan fingerprint density at radius 2 is 2.00 bits per heavy atom. The molecule has 1 aliphatic rings. The number of nitrogens with zero attached hydrogens (tertiary/aromatic N) is 1. The molecule has 1 heterocycles. The molecule has 102 valence electrons. The summed E-state index contributed by atoms with van der Waals surface area (Å²) >= 11 is 0. The van der Waals surface area contributed by atoms with Crippen molar-refractivity contribution in [3.8, 4) is 0 Å². The summed E-state index contributed by atoms with van der Waals surface area (Å²) in [5.41, 5.74) is -0.125. The van der Waals surface area contributed by atoms with E-state index in [1.165, 1.54) is 0 Å². The molecule has 0 atom stereocenters. The molecule has 1 saturated heterocycles. The van der Waals surface area contributed by atoms with Gasteiger partial charge in [0.2, 0.25) is 10.0 Å². The van der Waals surface area contributed by atoms with Crippen molar-refractivity contribution in [2.45, 2.75) is 52.0 Å². The van der Waals surface area contributed by atoms with Crippen LogP contribution < -0.4 is 5.32 Å². The fourth-order valence-electron chi connectivity index (χ4n) is 2.16. The van der Waals surface area contributed by atoms with Crippen molar-refractivity contribution in [3.05, 3.63) is 0 Å². The average molecular weight is 262 g/mol. The number of nitrogens with one attached hydrogen (secondary N) is 1. The Hall–Kier alpha value is -0.130. The maximum Gasteiger partial charge on any atom is 0.214 e. The summed E-state index contributed by atoms with van der Waals surface area (Å²) in [5.74, 6) is 0.280. The molecule has 1 rings (SSSR count). The molecule has 5 heteroatoms. The van der Waals surface area contributed by atoms with Crippen molar-refractivity contribution in [2.75, 3.05) is 25.4 Å². The molecule has 17 heavy (non-hydrogen) atoms. The van der Waals surface area contributed by atoms with E-state index in [-0.39, 0.29) is 11.3 Å². The lowest BCUT2D eigenvalue weighted by molar-refractivity contribution is 0.274. The number of hydrogen-bond acceptors (Lipinski definition) is 3. The summed E-state index contributed by atoms with van der Waals surface area (Å²) in [4.78, 5) is 0. The van der Waals surface area contributed by atoms with Crippen molar-refractivity contribution in [3.63, 3.8) is 0 Å². The highest BCUT2D eigenvalue weighted by molar-refractivity contribution is 7.89. The summed E-state index contributed by atoms with van der Waals surface area (Å²) in [6.07, 6.45) is 3.89. The van der Waals surface area contributed by atoms with Crippen LogP contribution in [0.25, 0.3) is 0 Å². The van der Waals surface area contributed by atoms with Gasteiger partial charge in [-0.15, -0.1) is 0 Å². The third-order valence-corrected chi connectivity index (χ3v) is 5.06. The number of rotatable bonds is 4. The molecule has 1 N–H and O–H groups in total. The normalized spacial score (nSPS) is 25.1. The first kappa shape index (κ1) is 14.9. The molecule has 0 saturated carbocycles. The Morgan fingerprint density at radius 1 is 1.29 bits per heavy atom. The molecule has 0 aromatic rings. The molecule has 0 aromatic carbocycles. The molecule has 1 aliphatic heterocycles. The van der Waals surface area contributed by atoms with Gasteiger partial charge in [0.1, 0.15) is 0 Å². The van der Waals surface area contributed by atoms with Gasteiger partial charge in [-0.1, -0.05) is 19.8 Å². The van der Waals surface area contributed by atoms with Crippen LogP contribution in [0, 0.1) is 0 Å². The maximum absolute atomic E-state index is 12.1. The predicted octanol–water partition coefficient (Wildman–Crippen LogP) is 1.58. The second-order valence-electron chi connectivity index (χ2n) is 5.52. The Kier molecular flexibility index (Phi) is 5.41. The number of unbranched alkanes of at least 4 members (excludes halogenated alkanes) is 2. The Balaban J connectivity index is 2.70. The molecule has 0 amide bonds. The number of hydrogen-bond donors (Lipinski definition) is 1. The van der Waals surface area contributed by atoms with Gasteiger partial charge < -0.3 is 5.32 Å². The van der Waals surface area contributed by atoms with E-state index in [4.69, 9.17) is 0 Å². The zero-order valence-corrected chi connectivity index (χ0v) is 12.1. The van der Waals surface area contributed by atoms with Crippen molar-refractivity contribution >= 4 is 10.0 Å². The minimum Gasteiger partial charge on any atom is -0.310 e. The monoisotopic (exact) mass is 262 g/mol. The van der Waals surface area contributed by atoms with E-state index in [0.717, 1.165) is 25.8 Å². The fourth-order valence-corrected chi connectivity index (χ4v) is 3.86. The smallest absolute Gasteiger partial charge is 0.214 e. The lowest BCUT2D eigenvalue weighted by Gasteiger charge is -2.35. The lowest BCUT2D eigenvalue weighted by Crippen LogP contribution is -2.53. The Labute approximate surface area is 106 Å². The van der Waals surface area contributed by atoms with E-state index >= 15 is 0 Å². The maximum atomic E-state index is 12.1. The molecule has 4 nitrogen and oxygen atoms in total. The van der Waals surface area contributed by atoms with E-state index in [2.05, 4.69) is 26.1 Å². The summed E-state index contributed by atoms with van der Waals surface area (Å²) in [6.45, 7) is 8.31. The Bertz CT molecular complexity index is 325. The quantitative estimate of drug-likeness (QED) is 0.783. The molecule has 0 aromatic heterocycles. The first-order valence-corrected chi connectivity index (χ1v) is 8.21. The van der Waals surface area contributed by atoms with E-state index in [1.807, 2.05) is 0 Å². The van der Waals surface area contributed by atoms with Crippen molar-refractivity contribution in [2.24, 2.45) is 0 Å². The van der Waals surface area contributed by atoms with Crippen LogP contribution in [0.5, 0.6) is 0 Å². The highest BCUT2D eigenvalue weighted by atomic mass is 32.2. The standard InChI is InChI=1S/C12H26N2O2S/c1-4-5-6-9-14-11-12(2,3)13-8-7-10-17(14,15)16/h13H,4-11H2,1-3H3. The largest absolute Gasteiger partial charge is 0.310 e. The molecular weight excluding hydrogens is 236 g/mol. The first-order chi connectivity index (χ1) is 7.87. The minimum atomic E-state index is -3.04. The zero-order valence-electron chi connectivity index (χ0n) is 11.3. The van der Waals surface area contributed by atoms with Gasteiger partial charge in [-0.2, -0.15) is 0 Å². The summed E-state index contributed by atoms with van der Waals surface area (Å²) < 4.78 is 25.9. The molecule has 0 radical (unpaired) electrons. The second kappa shape index (κ2) is 6.16. The summed E-state index contributed by atoms with van der Waals surface area (Å²) in [5, 5.41) is 3.41. The highest BCUT2D eigenvalue weighted by Crippen LogP contribution is 2.15. The van der Waals surface area contributed by atoms with Crippen molar-refractivity contribution in [1.29, 1.82) is 0 Å². The first-order valence-electron chi connectivity index (χ1n) is 6.60. The molecular formula is C12H26N2O2S. The molecule has 0 spiro atoms. The average Bonchev–Trinajstić information content (AvgIpc) is 2.22. The van der Waals surface area contributed by atoms with E-state index in [1.54, 1.807) is 4.31 Å². The van der Waals surface area contributed by atoms with Gasteiger partial charge in [-0.3, -0.25) is 0 Å². The third kappa shape index (κ3) is 4.94. The second-order valence-corrected chi connectivity index (χ2v) is 7.61. The minimum absolute atomic E-state index is 0.125. The van der Waals surface area contributed by atoms with Gasteiger partial charge in [-0.05, 0) is 33.2 Å². The zero-order chi connectivity index (χ0) is 12.9. The SMILES string of the molecule is CCCCCN1CC(C)(C)NCCCS1(=O)=O. The van der Waals surface area contributed by atoms with Crippen LogP contribution in [0.1, 0.15) is 46.5 Å². The molecule has 0 bridgehead atoms.